The first-order valence-corrected chi connectivity index (χ1v) is 6.08. The summed E-state index contributed by atoms with van der Waals surface area (Å²) in [6, 6.07) is 16.2. The van der Waals surface area contributed by atoms with Crippen molar-refractivity contribution < 1.29 is 4.84 Å². The molecule has 0 saturated heterocycles. The van der Waals surface area contributed by atoms with E-state index in [2.05, 4.69) is 24.0 Å². The third-order valence-electron chi connectivity index (χ3n) is 2.94. The van der Waals surface area contributed by atoms with Gasteiger partial charge in [-0.1, -0.05) is 36.4 Å². The molecule has 3 heteroatoms. The molecule has 0 aliphatic carbocycles. The molecule has 2 aromatic rings. The standard InChI is InChI=1S/C15H18N2O/c1-13(15-10-6-7-11-16-15)17(2)18-12-14-8-4-3-5-9-14/h3-11,13H,12H2,1-2H3/t13-/m1/s1. The van der Waals surface area contributed by atoms with Crippen LogP contribution >= 0.6 is 0 Å². The van der Waals surface area contributed by atoms with E-state index in [9.17, 15) is 0 Å². The zero-order valence-corrected chi connectivity index (χ0v) is 10.8. The number of nitrogens with zero attached hydrogens (tertiary/aromatic N) is 2. The van der Waals surface area contributed by atoms with Gasteiger partial charge in [-0.05, 0) is 24.6 Å². The second-order valence-electron chi connectivity index (χ2n) is 4.24. The third kappa shape index (κ3) is 3.39. The molecule has 1 heterocycles. The van der Waals surface area contributed by atoms with Gasteiger partial charge in [-0.3, -0.25) is 9.82 Å². The molecule has 0 saturated carbocycles. The topological polar surface area (TPSA) is 25.4 Å². The molecule has 1 aromatic heterocycles. The summed E-state index contributed by atoms with van der Waals surface area (Å²) in [6.07, 6.45) is 1.80. The molecule has 3 nitrogen and oxygen atoms in total. The van der Waals surface area contributed by atoms with Crippen LogP contribution in [-0.2, 0) is 11.4 Å². The molecule has 0 spiro atoms. The van der Waals surface area contributed by atoms with E-state index in [0.29, 0.717) is 6.61 Å². The van der Waals surface area contributed by atoms with Crippen LogP contribution < -0.4 is 0 Å². The molecule has 0 bridgehead atoms. The fraction of sp³-hybridized carbons (Fsp3) is 0.267. The minimum atomic E-state index is 0.134. The van der Waals surface area contributed by atoms with Crippen molar-refractivity contribution in [3.63, 3.8) is 0 Å². The minimum Gasteiger partial charge on any atom is -0.294 e. The van der Waals surface area contributed by atoms with Gasteiger partial charge in [-0.25, -0.2) is 0 Å². The lowest BCUT2D eigenvalue weighted by Crippen LogP contribution is -2.23. The molecule has 0 aliphatic heterocycles. The van der Waals surface area contributed by atoms with E-state index in [1.807, 2.05) is 48.5 Å². The number of pyridine rings is 1. The molecule has 18 heavy (non-hydrogen) atoms. The van der Waals surface area contributed by atoms with Crippen LogP contribution in [0.4, 0.5) is 0 Å². The summed E-state index contributed by atoms with van der Waals surface area (Å²) >= 11 is 0. The molecule has 0 radical (unpaired) electrons. The molecule has 1 aromatic carbocycles. The Morgan fingerprint density at radius 3 is 2.50 bits per heavy atom. The number of hydrogen-bond donors (Lipinski definition) is 0. The Morgan fingerprint density at radius 1 is 1.11 bits per heavy atom. The Morgan fingerprint density at radius 2 is 1.83 bits per heavy atom. The second kappa shape index (κ2) is 6.28. The van der Waals surface area contributed by atoms with Gasteiger partial charge >= 0.3 is 0 Å². The quantitative estimate of drug-likeness (QED) is 0.753. The zero-order chi connectivity index (χ0) is 12.8. The van der Waals surface area contributed by atoms with Gasteiger partial charge < -0.3 is 0 Å². The van der Waals surface area contributed by atoms with Gasteiger partial charge in [0.25, 0.3) is 0 Å². The zero-order valence-electron chi connectivity index (χ0n) is 10.8. The third-order valence-corrected chi connectivity index (χ3v) is 2.94. The fourth-order valence-corrected chi connectivity index (χ4v) is 1.67. The van der Waals surface area contributed by atoms with Gasteiger partial charge in [0.1, 0.15) is 0 Å². The molecule has 0 unspecified atom stereocenters. The van der Waals surface area contributed by atoms with Crippen molar-refractivity contribution in [3.05, 3.63) is 66.0 Å². The number of hydrogen-bond acceptors (Lipinski definition) is 3. The molecule has 1 atom stereocenters. The number of rotatable bonds is 5. The first-order valence-electron chi connectivity index (χ1n) is 6.08. The molecule has 0 aliphatic rings. The number of benzene rings is 1. The molecule has 2 rings (SSSR count). The SMILES string of the molecule is C[C@H](c1ccccn1)N(C)OCc1ccccc1. The van der Waals surface area contributed by atoms with E-state index < -0.39 is 0 Å². The lowest BCUT2D eigenvalue weighted by atomic mass is 10.2. The van der Waals surface area contributed by atoms with E-state index in [1.165, 1.54) is 0 Å². The van der Waals surface area contributed by atoms with E-state index in [1.54, 1.807) is 6.20 Å². The van der Waals surface area contributed by atoms with Gasteiger partial charge in [0.05, 0.1) is 18.3 Å². The summed E-state index contributed by atoms with van der Waals surface area (Å²) in [7, 11) is 1.93. The average Bonchev–Trinajstić information content (AvgIpc) is 2.46. The molecule has 0 N–H and O–H groups in total. The average molecular weight is 242 g/mol. The fourth-order valence-electron chi connectivity index (χ4n) is 1.67. The van der Waals surface area contributed by atoms with Gasteiger partial charge in [0, 0.05) is 13.2 Å². The van der Waals surface area contributed by atoms with Crippen molar-refractivity contribution in [1.29, 1.82) is 0 Å². The monoisotopic (exact) mass is 242 g/mol. The molecule has 0 amide bonds. The van der Waals surface area contributed by atoms with Crippen molar-refractivity contribution in [2.45, 2.75) is 19.6 Å². The Hall–Kier alpha value is -1.71. The normalized spacial score (nSPS) is 12.6. The van der Waals surface area contributed by atoms with Gasteiger partial charge in [-0.2, -0.15) is 5.06 Å². The van der Waals surface area contributed by atoms with Crippen LogP contribution in [0.2, 0.25) is 0 Å². The van der Waals surface area contributed by atoms with E-state index in [4.69, 9.17) is 4.84 Å². The van der Waals surface area contributed by atoms with Crippen molar-refractivity contribution in [3.8, 4) is 0 Å². The highest BCUT2D eigenvalue weighted by Crippen LogP contribution is 2.16. The molecular formula is C15H18N2O. The Bertz CT molecular complexity index is 458. The first kappa shape index (κ1) is 12.7. The predicted octanol–water partition coefficient (Wildman–Crippen LogP) is 3.21. The van der Waals surface area contributed by atoms with Crippen LogP contribution in [0.5, 0.6) is 0 Å². The first-order chi connectivity index (χ1) is 8.77. The van der Waals surface area contributed by atoms with Crippen LogP contribution in [0, 0.1) is 0 Å². The Kier molecular flexibility index (Phi) is 4.45. The summed E-state index contributed by atoms with van der Waals surface area (Å²) in [5.74, 6) is 0. The van der Waals surface area contributed by atoms with Crippen LogP contribution in [-0.4, -0.2) is 17.1 Å². The Labute approximate surface area is 108 Å². The van der Waals surface area contributed by atoms with E-state index >= 15 is 0 Å². The highest BCUT2D eigenvalue weighted by Gasteiger charge is 2.12. The highest BCUT2D eigenvalue weighted by molar-refractivity contribution is 5.13. The Balaban J connectivity index is 1.90. The lowest BCUT2D eigenvalue weighted by Gasteiger charge is -2.23. The minimum absolute atomic E-state index is 0.134. The predicted molar refractivity (Wildman–Crippen MR) is 71.6 cm³/mol. The lowest BCUT2D eigenvalue weighted by molar-refractivity contribution is -0.176. The maximum Gasteiger partial charge on any atom is 0.0936 e. The summed E-state index contributed by atoms with van der Waals surface area (Å²) in [4.78, 5) is 10.1. The smallest absolute Gasteiger partial charge is 0.0936 e. The van der Waals surface area contributed by atoms with Crippen LogP contribution in [0.25, 0.3) is 0 Å². The summed E-state index contributed by atoms with van der Waals surface area (Å²) in [6.45, 7) is 2.65. The van der Waals surface area contributed by atoms with Crippen LogP contribution in [0.15, 0.2) is 54.7 Å². The summed E-state index contributed by atoms with van der Waals surface area (Å²) in [5, 5.41) is 1.84. The van der Waals surface area contributed by atoms with E-state index in [0.717, 1.165) is 11.3 Å². The highest BCUT2D eigenvalue weighted by atomic mass is 16.7. The van der Waals surface area contributed by atoms with Crippen molar-refractivity contribution in [2.75, 3.05) is 7.05 Å². The maximum absolute atomic E-state index is 5.74. The molecule has 0 fully saturated rings. The largest absolute Gasteiger partial charge is 0.294 e. The van der Waals surface area contributed by atoms with Gasteiger partial charge in [0.15, 0.2) is 0 Å². The van der Waals surface area contributed by atoms with Crippen molar-refractivity contribution in [1.82, 2.24) is 10.0 Å². The van der Waals surface area contributed by atoms with Gasteiger partial charge in [-0.15, -0.1) is 0 Å². The van der Waals surface area contributed by atoms with E-state index in [-0.39, 0.29) is 6.04 Å². The molecule has 94 valence electrons. The van der Waals surface area contributed by atoms with Crippen molar-refractivity contribution in [2.24, 2.45) is 0 Å². The molecular weight excluding hydrogens is 224 g/mol. The second-order valence-corrected chi connectivity index (χ2v) is 4.24. The number of hydroxylamine groups is 2. The maximum atomic E-state index is 5.74. The summed E-state index contributed by atoms with van der Waals surface area (Å²) in [5.41, 5.74) is 2.17. The van der Waals surface area contributed by atoms with Gasteiger partial charge in [0.2, 0.25) is 0 Å². The summed E-state index contributed by atoms with van der Waals surface area (Å²) < 4.78 is 0. The van der Waals surface area contributed by atoms with Crippen molar-refractivity contribution >= 4 is 0 Å². The number of aromatic nitrogens is 1. The van der Waals surface area contributed by atoms with Crippen LogP contribution in [0.3, 0.4) is 0 Å². The van der Waals surface area contributed by atoms with Crippen LogP contribution in [0.1, 0.15) is 24.2 Å².